The van der Waals surface area contributed by atoms with Gasteiger partial charge in [0.25, 0.3) is 0 Å². The van der Waals surface area contributed by atoms with E-state index in [9.17, 15) is 19.5 Å². The maximum atomic E-state index is 13.8. The number of carboxylic acid groups (broad SMARTS) is 1. The predicted octanol–water partition coefficient (Wildman–Crippen LogP) is 5.42. The molecule has 2 aromatic heterocycles. The minimum atomic E-state index is -1.33. The molecule has 2 aliphatic carbocycles. The second-order valence-corrected chi connectivity index (χ2v) is 13.7. The van der Waals surface area contributed by atoms with Crippen LogP contribution in [0, 0.1) is 17.8 Å². The molecule has 11 heteroatoms. The topological polar surface area (TPSA) is 131 Å². The number of allylic oxidation sites excluding steroid dienone is 1. The van der Waals surface area contributed by atoms with Crippen molar-refractivity contribution in [2.75, 3.05) is 20.7 Å². The molecule has 1 aliphatic heterocycles. The number of amides is 2. The van der Waals surface area contributed by atoms with Crippen molar-refractivity contribution in [2.24, 2.45) is 17.8 Å². The molecule has 0 bridgehead atoms. The summed E-state index contributed by atoms with van der Waals surface area (Å²) in [5.74, 6) is -1.82. The third-order valence-corrected chi connectivity index (χ3v) is 10.3. The minimum Gasteiger partial charge on any atom is -0.497 e. The summed E-state index contributed by atoms with van der Waals surface area (Å²) >= 11 is 1.52. The maximum absolute atomic E-state index is 13.8. The van der Waals surface area contributed by atoms with Crippen LogP contribution in [0.3, 0.4) is 0 Å². The Hall–Kier alpha value is -3.99. The first-order valence-electron chi connectivity index (χ1n) is 15.7. The van der Waals surface area contributed by atoms with Crippen LogP contribution >= 0.6 is 11.3 Å². The van der Waals surface area contributed by atoms with Gasteiger partial charge >= 0.3 is 5.97 Å². The lowest BCUT2D eigenvalue weighted by Crippen LogP contribution is -2.49. The van der Waals surface area contributed by atoms with Gasteiger partial charge in [-0.05, 0) is 74.1 Å². The van der Waals surface area contributed by atoms with Crippen molar-refractivity contribution < 1.29 is 29.0 Å². The normalized spacial score (nSPS) is 27.1. The molecule has 2 fully saturated rings. The maximum Gasteiger partial charge on any atom is 0.330 e. The SMILES string of the molecule is COc1ccc2c(O[C@@H]3C[C@H]4C(=O)N[C@]5(C(=O)O)C[C@H]5C=CCCCCN(C)C(=O)[C@@H]4C3)nc(-c3nc(C(C)C)cs3)cc2c1. The van der Waals surface area contributed by atoms with Crippen LogP contribution < -0.4 is 14.8 Å². The summed E-state index contributed by atoms with van der Waals surface area (Å²) in [5, 5.41) is 17.4. The third-order valence-electron chi connectivity index (χ3n) is 9.39. The Bertz CT molecular complexity index is 1650. The first-order chi connectivity index (χ1) is 21.6. The highest BCUT2D eigenvalue weighted by Gasteiger charge is 2.61. The molecule has 0 unspecified atom stereocenters. The van der Waals surface area contributed by atoms with Crippen molar-refractivity contribution in [3.63, 3.8) is 0 Å². The Kier molecular flexibility index (Phi) is 8.56. The lowest BCUT2D eigenvalue weighted by atomic mass is 9.93. The van der Waals surface area contributed by atoms with E-state index in [-0.39, 0.29) is 24.2 Å². The molecule has 2 N–H and O–H groups in total. The Morgan fingerprint density at radius 1 is 1.16 bits per heavy atom. The Balaban J connectivity index is 1.33. The number of aliphatic carboxylic acids is 1. The van der Waals surface area contributed by atoms with Crippen molar-refractivity contribution in [1.82, 2.24) is 20.2 Å². The van der Waals surface area contributed by atoms with Crippen molar-refractivity contribution in [3.05, 3.63) is 47.5 Å². The van der Waals surface area contributed by atoms with Gasteiger partial charge in [0.1, 0.15) is 28.1 Å². The molecule has 3 aromatic rings. The third kappa shape index (κ3) is 6.14. The van der Waals surface area contributed by atoms with Gasteiger partial charge in [-0.1, -0.05) is 26.0 Å². The number of methoxy groups -OCH3 is 1. The number of nitrogens with zero attached hydrogens (tertiary/aromatic N) is 3. The molecule has 5 atom stereocenters. The van der Waals surface area contributed by atoms with Gasteiger partial charge in [0.2, 0.25) is 17.7 Å². The van der Waals surface area contributed by atoms with E-state index in [2.05, 4.69) is 19.2 Å². The molecule has 0 spiro atoms. The summed E-state index contributed by atoms with van der Waals surface area (Å²) in [6.45, 7) is 4.79. The average Bonchev–Trinajstić information content (AvgIpc) is 3.33. The highest BCUT2D eigenvalue weighted by molar-refractivity contribution is 7.13. The summed E-state index contributed by atoms with van der Waals surface area (Å²) in [7, 11) is 3.39. The van der Waals surface area contributed by atoms with Gasteiger partial charge in [-0.2, -0.15) is 0 Å². The van der Waals surface area contributed by atoms with E-state index < -0.39 is 35.4 Å². The number of carboxylic acids is 1. The van der Waals surface area contributed by atoms with Crippen molar-refractivity contribution in [1.29, 1.82) is 0 Å². The van der Waals surface area contributed by atoms with Gasteiger partial charge in [0, 0.05) is 30.3 Å². The molecule has 238 valence electrons. The average molecular weight is 633 g/mol. The predicted molar refractivity (Wildman–Crippen MR) is 171 cm³/mol. The smallest absolute Gasteiger partial charge is 0.330 e. The number of thiazole rings is 1. The number of hydrogen-bond acceptors (Lipinski definition) is 8. The fourth-order valence-corrected chi connectivity index (χ4v) is 7.49. The number of benzene rings is 1. The van der Waals surface area contributed by atoms with Crippen LogP contribution in [0.1, 0.15) is 64.0 Å². The van der Waals surface area contributed by atoms with E-state index in [0.29, 0.717) is 36.7 Å². The number of carbonyl (C=O) groups is 3. The van der Waals surface area contributed by atoms with Gasteiger partial charge in [0.15, 0.2) is 0 Å². The molecule has 3 aliphatic rings. The van der Waals surface area contributed by atoms with Gasteiger partial charge in [0.05, 0.1) is 24.6 Å². The summed E-state index contributed by atoms with van der Waals surface area (Å²) < 4.78 is 12.1. The fraction of sp³-hybridized carbons (Fsp3) is 0.500. The zero-order chi connectivity index (χ0) is 31.9. The first-order valence-corrected chi connectivity index (χ1v) is 16.6. The number of rotatable bonds is 6. The monoisotopic (exact) mass is 632 g/mol. The standard InChI is InChI=1S/C34H40N4O6S/c1-19(2)28-18-45-31(36-28)27-14-20-13-22(43-4)10-11-24(20)30(35-27)44-23-15-25-26(16-23)32(40)38(3)12-8-6-5-7-9-21-17-34(21,33(41)42)37-29(25)39/h7,9-11,13-14,18-19,21,23,25-26H,5-6,8,12,15-17H2,1-4H3,(H,37,39)(H,41,42)/t21-,23-,25-,26-,34-/m1/s1. The number of fused-ring (bicyclic) bond motifs is 3. The molecular formula is C34H40N4O6S. The summed E-state index contributed by atoms with van der Waals surface area (Å²) in [4.78, 5) is 51.2. The van der Waals surface area contributed by atoms with Gasteiger partial charge in [-0.3, -0.25) is 9.59 Å². The fourth-order valence-electron chi connectivity index (χ4n) is 6.55. The minimum absolute atomic E-state index is 0.120. The van der Waals surface area contributed by atoms with Crippen LogP contribution in [-0.4, -0.2) is 70.1 Å². The largest absolute Gasteiger partial charge is 0.497 e. The lowest BCUT2D eigenvalue weighted by molar-refractivity contribution is -0.145. The molecule has 45 heavy (non-hydrogen) atoms. The quantitative estimate of drug-likeness (QED) is 0.345. The van der Waals surface area contributed by atoms with E-state index in [0.717, 1.165) is 40.7 Å². The van der Waals surface area contributed by atoms with E-state index in [1.165, 1.54) is 11.3 Å². The van der Waals surface area contributed by atoms with Gasteiger partial charge in [-0.25, -0.2) is 14.8 Å². The molecule has 2 amide bonds. The van der Waals surface area contributed by atoms with E-state index in [1.54, 1.807) is 19.1 Å². The number of pyridine rings is 1. The van der Waals surface area contributed by atoms with Crippen LogP contribution in [0.2, 0.25) is 0 Å². The number of aromatic nitrogens is 2. The number of nitrogens with one attached hydrogen (secondary N) is 1. The first kappa shape index (κ1) is 31.0. The summed E-state index contributed by atoms with van der Waals surface area (Å²) in [6.07, 6.45) is 6.88. The molecule has 0 saturated heterocycles. The van der Waals surface area contributed by atoms with Crippen LogP contribution in [0.15, 0.2) is 41.8 Å². The molecule has 6 rings (SSSR count). The second-order valence-electron chi connectivity index (χ2n) is 12.8. The van der Waals surface area contributed by atoms with Crippen molar-refractivity contribution in [3.8, 4) is 22.3 Å². The van der Waals surface area contributed by atoms with Crippen molar-refractivity contribution in [2.45, 2.75) is 69.9 Å². The molecular weight excluding hydrogens is 592 g/mol. The van der Waals surface area contributed by atoms with Gasteiger partial charge < -0.3 is 24.8 Å². The van der Waals surface area contributed by atoms with E-state index in [4.69, 9.17) is 19.4 Å². The van der Waals surface area contributed by atoms with Gasteiger partial charge in [-0.15, -0.1) is 11.3 Å². The van der Waals surface area contributed by atoms with E-state index >= 15 is 0 Å². The number of hydrogen-bond donors (Lipinski definition) is 2. The molecule has 3 heterocycles. The Morgan fingerprint density at radius 2 is 1.96 bits per heavy atom. The second kappa shape index (κ2) is 12.4. The molecule has 10 nitrogen and oxygen atoms in total. The Labute approximate surface area is 266 Å². The van der Waals surface area contributed by atoms with E-state index in [1.807, 2.05) is 41.8 Å². The molecule has 1 aromatic carbocycles. The highest BCUT2D eigenvalue weighted by Crippen LogP contribution is 2.46. The molecule has 0 radical (unpaired) electrons. The number of ether oxygens (including phenoxy) is 2. The van der Waals surface area contributed by atoms with Crippen LogP contribution in [0.25, 0.3) is 21.5 Å². The highest BCUT2D eigenvalue weighted by atomic mass is 32.1. The Morgan fingerprint density at radius 3 is 2.69 bits per heavy atom. The molecule has 2 saturated carbocycles. The van der Waals surface area contributed by atoms with Crippen LogP contribution in [0.5, 0.6) is 11.6 Å². The zero-order valence-electron chi connectivity index (χ0n) is 26.1. The lowest BCUT2D eigenvalue weighted by Gasteiger charge is -2.26. The summed E-state index contributed by atoms with van der Waals surface area (Å²) in [6, 6.07) is 7.64. The number of carbonyl (C=O) groups excluding carboxylic acids is 2. The zero-order valence-corrected chi connectivity index (χ0v) is 26.9. The summed E-state index contributed by atoms with van der Waals surface area (Å²) in [5.41, 5.74) is 0.330. The van der Waals surface area contributed by atoms with Crippen LogP contribution in [-0.2, 0) is 14.4 Å². The van der Waals surface area contributed by atoms with Crippen LogP contribution in [0.4, 0.5) is 0 Å². The van der Waals surface area contributed by atoms with Crippen molar-refractivity contribution >= 4 is 39.9 Å².